The quantitative estimate of drug-likeness (QED) is 0.801. The number of aryl methyl sites for hydroxylation is 2. The maximum Gasteiger partial charge on any atom is 0.135 e. The van der Waals surface area contributed by atoms with Crippen LogP contribution in [0.5, 0.6) is 5.75 Å². The SMILES string of the molecule is CCCc1ccc(OCCN=C2c3ccsc3NCN2C)c(C)c1. The van der Waals surface area contributed by atoms with Gasteiger partial charge < -0.3 is 15.0 Å². The minimum Gasteiger partial charge on any atom is -0.491 e. The molecule has 0 unspecified atom stereocenters. The summed E-state index contributed by atoms with van der Waals surface area (Å²) in [4.78, 5) is 6.89. The van der Waals surface area contributed by atoms with Crippen LogP contribution in [0.3, 0.4) is 0 Å². The zero-order chi connectivity index (χ0) is 16.9. The van der Waals surface area contributed by atoms with Crippen LogP contribution in [-0.2, 0) is 6.42 Å². The third kappa shape index (κ3) is 3.73. The zero-order valence-electron chi connectivity index (χ0n) is 14.6. The first-order valence-corrected chi connectivity index (χ1v) is 9.36. The summed E-state index contributed by atoms with van der Waals surface area (Å²) in [6.45, 7) is 6.36. The fourth-order valence-corrected chi connectivity index (χ4v) is 3.70. The van der Waals surface area contributed by atoms with Crippen LogP contribution < -0.4 is 10.1 Å². The number of hydrogen-bond acceptors (Lipinski definition) is 4. The van der Waals surface area contributed by atoms with E-state index in [0.29, 0.717) is 13.2 Å². The second-order valence-electron chi connectivity index (χ2n) is 6.10. The number of amidine groups is 1. The van der Waals surface area contributed by atoms with Gasteiger partial charge in [-0.2, -0.15) is 0 Å². The molecule has 0 radical (unpaired) electrons. The molecule has 0 atom stereocenters. The Labute approximate surface area is 148 Å². The van der Waals surface area contributed by atoms with Gasteiger partial charge in [-0.25, -0.2) is 0 Å². The number of aliphatic imine (C=N–C) groups is 1. The molecule has 0 aliphatic carbocycles. The molecule has 0 amide bonds. The molecular formula is C19H25N3OS. The summed E-state index contributed by atoms with van der Waals surface area (Å²) < 4.78 is 5.93. The van der Waals surface area contributed by atoms with Crippen molar-refractivity contribution in [3.8, 4) is 5.75 Å². The molecular weight excluding hydrogens is 318 g/mol. The van der Waals surface area contributed by atoms with Gasteiger partial charge in [-0.15, -0.1) is 11.3 Å². The van der Waals surface area contributed by atoms with Gasteiger partial charge in [0, 0.05) is 7.05 Å². The third-order valence-corrected chi connectivity index (χ3v) is 5.01. The van der Waals surface area contributed by atoms with Gasteiger partial charge in [0.1, 0.15) is 23.2 Å². The van der Waals surface area contributed by atoms with Crippen LogP contribution >= 0.6 is 11.3 Å². The summed E-state index contributed by atoms with van der Waals surface area (Å²) in [5, 5.41) is 6.70. The number of nitrogens with one attached hydrogen (secondary N) is 1. The Morgan fingerprint density at radius 3 is 3.00 bits per heavy atom. The molecule has 1 aliphatic rings. The average Bonchev–Trinajstić information content (AvgIpc) is 3.04. The van der Waals surface area contributed by atoms with Gasteiger partial charge in [-0.1, -0.05) is 25.5 Å². The van der Waals surface area contributed by atoms with Crippen molar-refractivity contribution in [1.29, 1.82) is 0 Å². The standard InChI is InChI=1S/C19H25N3OS/c1-4-5-15-6-7-17(14(2)12-15)23-10-9-20-18-16-8-11-24-19(16)21-13-22(18)3/h6-8,11-12,21H,4-5,9-10,13H2,1-3H3. The van der Waals surface area contributed by atoms with Crippen molar-refractivity contribution < 1.29 is 4.74 Å². The lowest BCUT2D eigenvalue weighted by molar-refractivity contribution is 0.325. The highest BCUT2D eigenvalue weighted by Crippen LogP contribution is 2.27. The first-order valence-electron chi connectivity index (χ1n) is 8.48. The van der Waals surface area contributed by atoms with Crippen molar-refractivity contribution >= 4 is 22.2 Å². The van der Waals surface area contributed by atoms with E-state index in [0.717, 1.165) is 24.7 Å². The Hall–Kier alpha value is -2.01. The zero-order valence-corrected chi connectivity index (χ0v) is 15.4. The fraction of sp³-hybridized carbons (Fsp3) is 0.421. The summed E-state index contributed by atoms with van der Waals surface area (Å²) in [5.74, 6) is 2.01. The molecule has 0 fully saturated rings. The van der Waals surface area contributed by atoms with E-state index in [1.54, 1.807) is 11.3 Å². The van der Waals surface area contributed by atoms with Crippen LogP contribution in [-0.4, -0.2) is 37.6 Å². The molecule has 0 bridgehead atoms. The van der Waals surface area contributed by atoms with E-state index >= 15 is 0 Å². The average molecular weight is 343 g/mol. The molecule has 0 spiro atoms. The van der Waals surface area contributed by atoms with Crippen molar-refractivity contribution in [2.45, 2.75) is 26.7 Å². The molecule has 4 nitrogen and oxygen atoms in total. The molecule has 128 valence electrons. The summed E-state index contributed by atoms with van der Waals surface area (Å²) in [5.41, 5.74) is 3.77. The number of anilines is 1. The molecule has 3 rings (SSSR count). The minimum atomic E-state index is 0.595. The molecule has 2 heterocycles. The number of benzene rings is 1. The highest BCUT2D eigenvalue weighted by molar-refractivity contribution is 7.14. The molecule has 0 saturated heterocycles. The number of fused-ring (bicyclic) bond motifs is 1. The van der Waals surface area contributed by atoms with Crippen molar-refractivity contribution in [2.75, 3.05) is 32.2 Å². The molecule has 24 heavy (non-hydrogen) atoms. The Bertz CT molecular complexity index is 723. The van der Waals surface area contributed by atoms with Gasteiger partial charge in [0.05, 0.1) is 18.8 Å². The van der Waals surface area contributed by atoms with E-state index in [1.807, 2.05) is 0 Å². The van der Waals surface area contributed by atoms with Gasteiger partial charge in [0.2, 0.25) is 0 Å². The van der Waals surface area contributed by atoms with E-state index in [9.17, 15) is 0 Å². The highest BCUT2D eigenvalue weighted by atomic mass is 32.1. The third-order valence-electron chi connectivity index (χ3n) is 4.13. The Balaban J connectivity index is 1.59. The van der Waals surface area contributed by atoms with E-state index in [4.69, 9.17) is 9.73 Å². The van der Waals surface area contributed by atoms with Gasteiger partial charge in [0.25, 0.3) is 0 Å². The fourth-order valence-electron chi connectivity index (χ4n) is 2.92. The molecule has 2 aromatic rings. The molecule has 1 N–H and O–H groups in total. The van der Waals surface area contributed by atoms with Gasteiger partial charge in [-0.05, 0) is 42.0 Å². The van der Waals surface area contributed by atoms with E-state index in [-0.39, 0.29) is 0 Å². The largest absolute Gasteiger partial charge is 0.491 e. The molecule has 5 heteroatoms. The van der Waals surface area contributed by atoms with Crippen molar-refractivity contribution in [2.24, 2.45) is 4.99 Å². The number of hydrogen-bond donors (Lipinski definition) is 1. The lowest BCUT2D eigenvalue weighted by Crippen LogP contribution is -2.37. The second kappa shape index (κ2) is 7.71. The van der Waals surface area contributed by atoms with Crippen LogP contribution in [0.2, 0.25) is 0 Å². The van der Waals surface area contributed by atoms with Crippen LogP contribution in [0.25, 0.3) is 0 Å². The van der Waals surface area contributed by atoms with Gasteiger partial charge in [-0.3, -0.25) is 4.99 Å². The van der Waals surface area contributed by atoms with E-state index in [2.05, 4.69) is 60.8 Å². The highest BCUT2D eigenvalue weighted by Gasteiger charge is 2.19. The lowest BCUT2D eigenvalue weighted by Gasteiger charge is -2.27. The van der Waals surface area contributed by atoms with Crippen molar-refractivity contribution in [3.63, 3.8) is 0 Å². The van der Waals surface area contributed by atoms with Crippen LogP contribution in [0.4, 0.5) is 5.00 Å². The van der Waals surface area contributed by atoms with Crippen molar-refractivity contribution in [3.05, 3.63) is 46.3 Å². The number of rotatable bonds is 6. The second-order valence-corrected chi connectivity index (χ2v) is 7.02. The number of ether oxygens (including phenoxy) is 1. The van der Waals surface area contributed by atoms with Crippen LogP contribution in [0.15, 0.2) is 34.6 Å². The van der Waals surface area contributed by atoms with E-state index in [1.165, 1.54) is 28.1 Å². The van der Waals surface area contributed by atoms with E-state index < -0.39 is 0 Å². The predicted molar refractivity (Wildman–Crippen MR) is 103 cm³/mol. The monoisotopic (exact) mass is 343 g/mol. The number of thiophene rings is 1. The summed E-state index contributed by atoms with van der Waals surface area (Å²) >= 11 is 1.72. The normalized spacial score (nSPS) is 15.3. The lowest BCUT2D eigenvalue weighted by atomic mass is 10.1. The maximum atomic E-state index is 5.93. The Morgan fingerprint density at radius 1 is 1.33 bits per heavy atom. The smallest absolute Gasteiger partial charge is 0.135 e. The predicted octanol–water partition coefficient (Wildman–Crippen LogP) is 4.15. The van der Waals surface area contributed by atoms with Crippen LogP contribution in [0.1, 0.15) is 30.0 Å². The first-order chi connectivity index (χ1) is 11.7. The topological polar surface area (TPSA) is 36.9 Å². The minimum absolute atomic E-state index is 0.595. The molecule has 1 aromatic carbocycles. The van der Waals surface area contributed by atoms with Gasteiger partial charge >= 0.3 is 0 Å². The molecule has 1 aliphatic heterocycles. The summed E-state index contributed by atoms with van der Waals surface area (Å²) in [6.07, 6.45) is 2.29. The number of nitrogens with zero attached hydrogens (tertiary/aromatic N) is 2. The molecule has 0 saturated carbocycles. The van der Waals surface area contributed by atoms with Crippen LogP contribution in [0, 0.1) is 6.92 Å². The molecule has 1 aromatic heterocycles. The summed E-state index contributed by atoms with van der Waals surface area (Å²) in [7, 11) is 2.06. The van der Waals surface area contributed by atoms with Gasteiger partial charge in [0.15, 0.2) is 0 Å². The maximum absolute atomic E-state index is 5.93. The van der Waals surface area contributed by atoms with Crippen molar-refractivity contribution in [1.82, 2.24) is 4.90 Å². The Morgan fingerprint density at radius 2 is 2.21 bits per heavy atom. The Kier molecular flexibility index (Phi) is 5.41. The summed E-state index contributed by atoms with van der Waals surface area (Å²) in [6, 6.07) is 8.60. The first kappa shape index (κ1) is 16.8.